The van der Waals surface area contributed by atoms with Crippen molar-refractivity contribution < 1.29 is 78.2 Å². The highest BCUT2D eigenvalue weighted by atomic mass is 16.7. The van der Waals surface area contributed by atoms with E-state index in [9.17, 15) is 49.8 Å². The zero-order valence-corrected chi connectivity index (χ0v) is 34.1. The number of carboxylic acids is 1. The minimum absolute atomic E-state index is 0.00120. The second-order valence-electron chi connectivity index (χ2n) is 16.0. The zero-order valence-electron chi connectivity index (χ0n) is 34.1. The Hall–Kier alpha value is -2.56. The summed E-state index contributed by atoms with van der Waals surface area (Å²) in [6, 6.07) is -1.31. The van der Waals surface area contributed by atoms with Crippen LogP contribution in [0, 0.1) is 17.8 Å². The number of aliphatic hydroxyl groups excluding tert-OH is 5. The first-order valence-corrected chi connectivity index (χ1v) is 20.9. The van der Waals surface area contributed by atoms with Gasteiger partial charge < -0.3 is 75.0 Å². The van der Waals surface area contributed by atoms with Gasteiger partial charge in [0.1, 0.15) is 42.7 Å². The van der Waals surface area contributed by atoms with Gasteiger partial charge in [0, 0.05) is 39.0 Å². The van der Waals surface area contributed by atoms with Crippen molar-refractivity contribution in [2.24, 2.45) is 17.8 Å². The number of amides is 3. The maximum Gasteiger partial charge on any atom is 0.332 e. The minimum atomic E-state index is -1.66. The van der Waals surface area contributed by atoms with Crippen molar-refractivity contribution in [3.8, 4) is 0 Å². The number of nitrogens with one attached hydrogen (secondary N) is 3. The Kier molecular flexibility index (Phi) is 19.4. The molecule has 2 saturated heterocycles. The van der Waals surface area contributed by atoms with Crippen molar-refractivity contribution in [1.29, 1.82) is 0 Å². The summed E-state index contributed by atoms with van der Waals surface area (Å²) in [6.45, 7) is 6.79. The lowest BCUT2D eigenvalue weighted by Gasteiger charge is -2.49. The fraction of sp³-hybridized carbons (Fsp3) is 0.897. The van der Waals surface area contributed by atoms with Gasteiger partial charge in [0.05, 0.1) is 31.5 Å². The van der Waals surface area contributed by atoms with Crippen LogP contribution >= 0.6 is 0 Å². The molecule has 4 rings (SSSR count). The topological polar surface area (TPSA) is 281 Å². The average molecular weight is 834 g/mol. The van der Waals surface area contributed by atoms with Crippen molar-refractivity contribution in [3.63, 3.8) is 0 Å². The van der Waals surface area contributed by atoms with E-state index in [0.29, 0.717) is 19.4 Å². The zero-order chi connectivity index (χ0) is 42.5. The van der Waals surface area contributed by atoms with Gasteiger partial charge in [-0.3, -0.25) is 14.4 Å². The molecule has 2 aliphatic heterocycles. The van der Waals surface area contributed by atoms with Crippen molar-refractivity contribution in [2.45, 2.75) is 172 Å². The molecule has 4 aliphatic rings. The summed E-state index contributed by atoms with van der Waals surface area (Å²) >= 11 is 0. The molecule has 334 valence electrons. The molecule has 2 saturated carbocycles. The van der Waals surface area contributed by atoms with Crippen LogP contribution < -0.4 is 16.0 Å². The molecule has 0 aromatic rings. The molecule has 9 unspecified atom stereocenters. The van der Waals surface area contributed by atoms with Crippen LogP contribution in [0.25, 0.3) is 0 Å². The maximum atomic E-state index is 13.7. The largest absolute Gasteiger partial charge is 0.479 e. The average Bonchev–Trinajstić information content (AvgIpc) is 3.20. The van der Waals surface area contributed by atoms with Crippen molar-refractivity contribution in [3.05, 3.63) is 0 Å². The SMILES string of the molecule is CCOCCC(=O)NCCNC(=O)C1CC(CC)C(OC2O[C@@H](C)C(O)C(O)[C@@H]2O)[C@H](O[C@@H]2OC(CO)[C@H](O)C(O[C@@H](CC3CCCCC3)C(=O)O)C2NC(C)=O)C1. The fourth-order valence-corrected chi connectivity index (χ4v) is 8.51. The Morgan fingerprint density at radius 2 is 1.55 bits per heavy atom. The van der Waals surface area contributed by atoms with E-state index < -0.39 is 110 Å². The van der Waals surface area contributed by atoms with Gasteiger partial charge in [-0.2, -0.15) is 0 Å². The van der Waals surface area contributed by atoms with Crippen LogP contribution in [0.5, 0.6) is 0 Å². The molecule has 0 bridgehead atoms. The van der Waals surface area contributed by atoms with Gasteiger partial charge in [0.2, 0.25) is 17.7 Å². The number of hydrogen-bond acceptors (Lipinski definition) is 15. The highest BCUT2D eigenvalue weighted by Gasteiger charge is 2.53. The van der Waals surface area contributed by atoms with Crippen LogP contribution in [0.3, 0.4) is 0 Å². The van der Waals surface area contributed by atoms with Gasteiger partial charge >= 0.3 is 5.97 Å². The molecular formula is C39H67N3O16. The Bertz CT molecular complexity index is 1310. The molecule has 2 aliphatic carbocycles. The van der Waals surface area contributed by atoms with Crippen LogP contribution in [-0.4, -0.2) is 167 Å². The molecule has 15 atom stereocenters. The second kappa shape index (κ2) is 23.4. The van der Waals surface area contributed by atoms with E-state index in [1.807, 2.05) is 13.8 Å². The van der Waals surface area contributed by atoms with E-state index in [0.717, 1.165) is 32.1 Å². The predicted octanol–water partition coefficient (Wildman–Crippen LogP) is -0.929. The van der Waals surface area contributed by atoms with Crippen LogP contribution in [-0.2, 0) is 47.6 Å². The molecule has 19 heteroatoms. The molecule has 3 amide bonds. The highest BCUT2D eigenvalue weighted by molar-refractivity contribution is 5.79. The van der Waals surface area contributed by atoms with E-state index in [2.05, 4.69) is 16.0 Å². The van der Waals surface area contributed by atoms with E-state index in [1.165, 1.54) is 13.8 Å². The van der Waals surface area contributed by atoms with Crippen molar-refractivity contribution >= 4 is 23.7 Å². The lowest BCUT2D eigenvalue weighted by Crippen LogP contribution is -2.67. The number of rotatable bonds is 20. The van der Waals surface area contributed by atoms with Crippen molar-refractivity contribution in [2.75, 3.05) is 32.9 Å². The summed E-state index contributed by atoms with van der Waals surface area (Å²) in [4.78, 5) is 51.0. The third-order valence-corrected chi connectivity index (χ3v) is 11.8. The van der Waals surface area contributed by atoms with E-state index in [4.69, 9.17) is 28.4 Å². The molecule has 4 fully saturated rings. The van der Waals surface area contributed by atoms with Gasteiger partial charge in [-0.15, -0.1) is 0 Å². The van der Waals surface area contributed by atoms with Crippen LogP contribution in [0.15, 0.2) is 0 Å². The number of hydrogen-bond donors (Lipinski definition) is 9. The van der Waals surface area contributed by atoms with Gasteiger partial charge in [0.25, 0.3) is 0 Å². The first kappa shape index (κ1) is 48.1. The molecule has 19 nitrogen and oxygen atoms in total. The third-order valence-electron chi connectivity index (χ3n) is 11.8. The number of ether oxygens (including phenoxy) is 6. The Morgan fingerprint density at radius 1 is 0.845 bits per heavy atom. The lowest BCUT2D eigenvalue weighted by molar-refractivity contribution is -0.338. The number of carbonyl (C=O) groups excluding carboxylic acids is 3. The summed E-state index contributed by atoms with van der Waals surface area (Å²) in [5.41, 5.74) is 0. The molecule has 0 aromatic heterocycles. The second-order valence-corrected chi connectivity index (χ2v) is 16.0. The molecule has 58 heavy (non-hydrogen) atoms. The number of carbonyl (C=O) groups is 4. The molecule has 2 heterocycles. The van der Waals surface area contributed by atoms with E-state index in [1.54, 1.807) is 0 Å². The normalized spacial score (nSPS) is 36.4. The van der Waals surface area contributed by atoms with E-state index >= 15 is 0 Å². The highest BCUT2D eigenvalue weighted by Crippen LogP contribution is 2.40. The Morgan fingerprint density at radius 3 is 2.19 bits per heavy atom. The molecule has 9 N–H and O–H groups in total. The van der Waals surface area contributed by atoms with Crippen LogP contribution in [0.1, 0.15) is 91.9 Å². The standard InChI is InChI=1S/C39H67N3O16/c1-5-23-17-24(36(50)41-14-13-40-28(45)12-15-53-6-2)18-25(34(23)58-39-33(49)32(48)30(46)20(3)54-39)56-38-29(42-21(4)44)35(31(47)27(19-43)57-38)55-26(37(51)52)16-22-10-8-7-9-11-22/h20,22-27,29-35,38-39,43,46-49H,5-19H2,1-4H3,(H,40,45)(H,41,50)(H,42,44)(H,51,52)/t20-,23?,24?,25+,26-,27?,29?,30?,31-,32?,33-,34?,35?,38+,39?/m0/s1. The molecule has 0 aromatic carbocycles. The van der Waals surface area contributed by atoms with Gasteiger partial charge in [-0.25, -0.2) is 4.79 Å². The number of aliphatic carboxylic acids is 1. The van der Waals surface area contributed by atoms with Gasteiger partial charge in [-0.05, 0) is 44.9 Å². The Labute approximate surface area is 339 Å². The number of carboxylic acid groups (broad SMARTS) is 1. The fourth-order valence-electron chi connectivity index (χ4n) is 8.51. The van der Waals surface area contributed by atoms with Gasteiger partial charge in [-0.1, -0.05) is 45.4 Å². The summed E-state index contributed by atoms with van der Waals surface area (Å²) in [6.07, 6.45) is -10.4. The predicted molar refractivity (Wildman–Crippen MR) is 203 cm³/mol. The summed E-state index contributed by atoms with van der Waals surface area (Å²) in [5.74, 6) is -3.40. The monoisotopic (exact) mass is 833 g/mol. The maximum absolute atomic E-state index is 13.7. The van der Waals surface area contributed by atoms with Crippen LogP contribution in [0.4, 0.5) is 0 Å². The third kappa shape index (κ3) is 13.2. The smallest absolute Gasteiger partial charge is 0.332 e. The Balaban J connectivity index is 1.60. The van der Waals surface area contributed by atoms with E-state index in [-0.39, 0.29) is 56.7 Å². The molecular weight excluding hydrogens is 766 g/mol. The summed E-state index contributed by atoms with van der Waals surface area (Å²) < 4.78 is 36.2. The first-order chi connectivity index (χ1) is 27.7. The van der Waals surface area contributed by atoms with Gasteiger partial charge in [0.15, 0.2) is 18.7 Å². The van der Waals surface area contributed by atoms with Crippen LogP contribution in [0.2, 0.25) is 0 Å². The lowest BCUT2D eigenvalue weighted by atomic mass is 9.75. The summed E-state index contributed by atoms with van der Waals surface area (Å²) in [5, 5.41) is 72.1. The first-order valence-electron chi connectivity index (χ1n) is 20.9. The quantitative estimate of drug-likeness (QED) is 0.0671. The van der Waals surface area contributed by atoms with Crippen molar-refractivity contribution in [1.82, 2.24) is 16.0 Å². The number of aliphatic hydroxyl groups is 5. The minimum Gasteiger partial charge on any atom is -0.479 e. The molecule has 0 radical (unpaired) electrons. The summed E-state index contributed by atoms with van der Waals surface area (Å²) in [7, 11) is 0. The molecule has 0 spiro atoms.